The van der Waals surface area contributed by atoms with E-state index < -0.39 is 12.1 Å². The Hall–Kier alpha value is -2.00. The van der Waals surface area contributed by atoms with Crippen LogP contribution < -0.4 is 4.74 Å². The summed E-state index contributed by atoms with van der Waals surface area (Å²) in [4.78, 5) is 12.1. The molecule has 3 nitrogen and oxygen atoms in total. The van der Waals surface area contributed by atoms with Gasteiger partial charge in [-0.25, -0.2) is 4.79 Å². The number of benzene rings is 2. The molecular weight excluding hydrogens is 288 g/mol. The number of ether oxygens (including phenoxy) is 2. The van der Waals surface area contributed by atoms with Crippen LogP contribution in [0.15, 0.2) is 48.5 Å². The van der Waals surface area contributed by atoms with Gasteiger partial charge in [0.15, 0.2) is 0 Å². The van der Waals surface area contributed by atoms with Crippen LogP contribution >= 0.6 is 11.6 Å². The summed E-state index contributed by atoms with van der Waals surface area (Å²) >= 11 is 6.17. The van der Waals surface area contributed by atoms with Crippen LogP contribution in [0.5, 0.6) is 5.75 Å². The summed E-state index contributed by atoms with van der Waals surface area (Å²) < 4.78 is 10.9. The first-order chi connectivity index (χ1) is 10.1. The summed E-state index contributed by atoms with van der Waals surface area (Å²) in [5, 5.41) is 0.472. The maximum Gasteiger partial charge on any atom is 0.352 e. The Labute approximate surface area is 129 Å². The standard InChI is InChI=1S/C17H17ClO3/c1-3-20-17(19)16(13-7-5-4-6-8-13)21-15-10-9-12(2)11-14(15)18/h4-11,16H,3H2,1-2H3. The highest BCUT2D eigenvalue weighted by Crippen LogP contribution is 2.30. The SMILES string of the molecule is CCOC(=O)C(Oc1ccc(C)cc1Cl)c1ccccc1. The zero-order chi connectivity index (χ0) is 15.2. The molecule has 2 aromatic rings. The van der Waals surface area contributed by atoms with Gasteiger partial charge in [-0.3, -0.25) is 0 Å². The van der Waals surface area contributed by atoms with Crippen LogP contribution in [0.1, 0.15) is 24.2 Å². The number of hydrogen-bond acceptors (Lipinski definition) is 3. The number of carbonyl (C=O) groups is 1. The van der Waals surface area contributed by atoms with E-state index >= 15 is 0 Å². The van der Waals surface area contributed by atoms with Gasteiger partial charge in [0.1, 0.15) is 5.75 Å². The fraction of sp³-hybridized carbons (Fsp3) is 0.235. The second-order valence-electron chi connectivity index (χ2n) is 4.59. The minimum Gasteiger partial charge on any atom is -0.472 e. The second-order valence-corrected chi connectivity index (χ2v) is 5.00. The molecule has 0 saturated heterocycles. The van der Waals surface area contributed by atoms with Gasteiger partial charge in [-0.05, 0) is 31.5 Å². The Bertz CT molecular complexity index is 611. The average Bonchev–Trinajstić information content (AvgIpc) is 2.47. The molecule has 0 aliphatic heterocycles. The van der Waals surface area contributed by atoms with E-state index in [-0.39, 0.29) is 0 Å². The third-order valence-corrected chi connectivity index (χ3v) is 3.23. The van der Waals surface area contributed by atoms with Crippen LogP contribution in [0.2, 0.25) is 5.02 Å². The van der Waals surface area contributed by atoms with Gasteiger partial charge >= 0.3 is 5.97 Å². The van der Waals surface area contributed by atoms with E-state index in [2.05, 4.69) is 0 Å². The summed E-state index contributed by atoms with van der Waals surface area (Å²) in [6.07, 6.45) is -0.827. The number of carbonyl (C=O) groups excluding carboxylic acids is 1. The molecule has 1 unspecified atom stereocenters. The summed E-state index contributed by atoms with van der Waals surface area (Å²) in [5.74, 6) is 0.0320. The molecule has 110 valence electrons. The molecule has 0 saturated carbocycles. The fourth-order valence-corrected chi connectivity index (χ4v) is 2.21. The molecule has 0 N–H and O–H groups in total. The van der Waals surface area contributed by atoms with E-state index in [0.29, 0.717) is 17.4 Å². The highest BCUT2D eigenvalue weighted by Gasteiger charge is 2.24. The van der Waals surface area contributed by atoms with E-state index in [1.165, 1.54) is 0 Å². The minimum absolute atomic E-state index is 0.299. The van der Waals surface area contributed by atoms with Gasteiger partial charge in [0.2, 0.25) is 6.10 Å². The van der Waals surface area contributed by atoms with Gasteiger partial charge in [0.25, 0.3) is 0 Å². The second kappa shape index (κ2) is 7.14. The Morgan fingerprint density at radius 1 is 1.19 bits per heavy atom. The van der Waals surface area contributed by atoms with E-state index in [0.717, 1.165) is 11.1 Å². The first-order valence-corrected chi connectivity index (χ1v) is 7.14. The Morgan fingerprint density at radius 3 is 2.52 bits per heavy atom. The summed E-state index contributed by atoms with van der Waals surface area (Å²) in [6.45, 7) is 4.00. The Balaban J connectivity index is 2.30. The molecule has 0 fully saturated rings. The maximum absolute atomic E-state index is 12.1. The predicted octanol–water partition coefficient (Wildman–Crippen LogP) is 4.33. The quantitative estimate of drug-likeness (QED) is 0.771. The van der Waals surface area contributed by atoms with Gasteiger partial charge < -0.3 is 9.47 Å². The topological polar surface area (TPSA) is 35.5 Å². The molecule has 0 radical (unpaired) electrons. The smallest absolute Gasteiger partial charge is 0.352 e. The molecule has 21 heavy (non-hydrogen) atoms. The van der Waals surface area contributed by atoms with Gasteiger partial charge in [0.05, 0.1) is 11.6 Å². The lowest BCUT2D eigenvalue weighted by Gasteiger charge is -2.19. The summed E-state index contributed by atoms with van der Waals surface area (Å²) in [7, 11) is 0. The van der Waals surface area contributed by atoms with E-state index in [9.17, 15) is 4.79 Å². The monoisotopic (exact) mass is 304 g/mol. The molecule has 0 bridgehead atoms. The van der Waals surface area contributed by atoms with Crippen molar-refractivity contribution >= 4 is 17.6 Å². The highest BCUT2D eigenvalue weighted by molar-refractivity contribution is 6.32. The highest BCUT2D eigenvalue weighted by atomic mass is 35.5. The van der Waals surface area contributed by atoms with Gasteiger partial charge in [-0.2, -0.15) is 0 Å². The Kier molecular flexibility index (Phi) is 5.23. The largest absolute Gasteiger partial charge is 0.472 e. The van der Waals surface area contributed by atoms with Crippen molar-refractivity contribution in [2.45, 2.75) is 20.0 Å². The van der Waals surface area contributed by atoms with Crippen molar-refractivity contribution in [1.29, 1.82) is 0 Å². The third-order valence-electron chi connectivity index (χ3n) is 2.94. The van der Waals surface area contributed by atoms with E-state index in [1.54, 1.807) is 19.1 Å². The lowest BCUT2D eigenvalue weighted by molar-refractivity contribution is -0.151. The lowest BCUT2D eigenvalue weighted by Crippen LogP contribution is -2.21. The minimum atomic E-state index is -0.827. The first kappa shape index (κ1) is 15.4. The van der Waals surface area contributed by atoms with Crippen molar-refractivity contribution in [3.05, 3.63) is 64.7 Å². The maximum atomic E-state index is 12.1. The first-order valence-electron chi connectivity index (χ1n) is 6.76. The molecule has 4 heteroatoms. The van der Waals surface area contributed by atoms with Crippen molar-refractivity contribution < 1.29 is 14.3 Å². The molecule has 0 aliphatic rings. The van der Waals surface area contributed by atoms with Crippen LogP contribution in [0, 0.1) is 6.92 Å². The Morgan fingerprint density at radius 2 is 1.90 bits per heavy atom. The molecular formula is C17H17ClO3. The molecule has 2 aromatic carbocycles. The third kappa shape index (κ3) is 3.99. The van der Waals surface area contributed by atoms with Crippen LogP contribution in [0.4, 0.5) is 0 Å². The molecule has 0 aromatic heterocycles. The van der Waals surface area contributed by atoms with Gasteiger partial charge in [-0.15, -0.1) is 0 Å². The normalized spacial score (nSPS) is 11.8. The molecule has 1 atom stereocenters. The lowest BCUT2D eigenvalue weighted by atomic mass is 10.1. The van der Waals surface area contributed by atoms with Gasteiger partial charge in [-0.1, -0.05) is 48.0 Å². The zero-order valence-corrected chi connectivity index (χ0v) is 12.8. The molecule has 0 amide bonds. The van der Waals surface area contributed by atoms with E-state index in [1.807, 2.05) is 43.3 Å². The molecule has 0 spiro atoms. The zero-order valence-electron chi connectivity index (χ0n) is 12.0. The van der Waals surface area contributed by atoms with Crippen LogP contribution in [0.3, 0.4) is 0 Å². The molecule has 0 aliphatic carbocycles. The summed E-state index contributed by atoms with van der Waals surface area (Å²) in [5.41, 5.74) is 1.76. The summed E-state index contributed by atoms with van der Waals surface area (Å²) in [6, 6.07) is 14.7. The molecule has 2 rings (SSSR count). The van der Waals surface area contributed by atoms with Crippen molar-refractivity contribution in [2.24, 2.45) is 0 Å². The molecule has 0 heterocycles. The van der Waals surface area contributed by atoms with E-state index in [4.69, 9.17) is 21.1 Å². The predicted molar refractivity (Wildman–Crippen MR) is 82.6 cm³/mol. The number of halogens is 1. The van der Waals surface area contributed by atoms with Crippen LogP contribution in [0.25, 0.3) is 0 Å². The number of hydrogen-bond donors (Lipinski definition) is 0. The number of esters is 1. The fourth-order valence-electron chi connectivity index (χ4n) is 1.93. The number of rotatable bonds is 5. The van der Waals surface area contributed by atoms with Crippen molar-refractivity contribution in [1.82, 2.24) is 0 Å². The number of aryl methyl sites for hydroxylation is 1. The van der Waals surface area contributed by atoms with Crippen LogP contribution in [-0.2, 0) is 9.53 Å². The van der Waals surface area contributed by atoms with Crippen molar-refractivity contribution in [3.8, 4) is 5.75 Å². The van der Waals surface area contributed by atoms with Crippen molar-refractivity contribution in [2.75, 3.05) is 6.61 Å². The van der Waals surface area contributed by atoms with Crippen molar-refractivity contribution in [3.63, 3.8) is 0 Å². The van der Waals surface area contributed by atoms with Crippen LogP contribution in [-0.4, -0.2) is 12.6 Å². The van der Waals surface area contributed by atoms with Gasteiger partial charge in [0, 0.05) is 5.56 Å². The average molecular weight is 305 g/mol.